The van der Waals surface area contributed by atoms with Crippen LogP contribution in [0.25, 0.3) is 0 Å². The molecule has 3 nitrogen and oxygen atoms in total. The van der Waals surface area contributed by atoms with Crippen LogP contribution >= 0.6 is 0 Å². The molecule has 0 radical (unpaired) electrons. The van der Waals surface area contributed by atoms with E-state index in [1.54, 1.807) is 0 Å². The van der Waals surface area contributed by atoms with Gasteiger partial charge in [-0.3, -0.25) is 9.80 Å². The Morgan fingerprint density at radius 1 is 0.760 bits per heavy atom. The highest BCUT2D eigenvalue weighted by Crippen LogP contribution is 2.41. The van der Waals surface area contributed by atoms with Crippen LogP contribution in [0, 0.1) is 0 Å². The number of nitrogens with zero attached hydrogens (tertiary/aromatic N) is 2. The summed E-state index contributed by atoms with van der Waals surface area (Å²) in [6.45, 7) is 8.00. The van der Waals surface area contributed by atoms with Crippen molar-refractivity contribution < 1.29 is 0 Å². The van der Waals surface area contributed by atoms with Crippen molar-refractivity contribution in [1.29, 1.82) is 0 Å². The van der Waals surface area contributed by atoms with Crippen LogP contribution < -0.4 is 5.32 Å². The van der Waals surface area contributed by atoms with E-state index < -0.39 is 0 Å². The maximum absolute atomic E-state index is 3.70. The maximum atomic E-state index is 3.70. The van der Waals surface area contributed by atoms with E-state index in [-0.39, 0.29) is 0 Å². The first-order valence-electron chi connectivity index (χ1n) is 9.60. The van der Waals surface area contributed by atoms with Crippen LogP contribution in [0.15, 0.2) is 60.7 Å². The Kier molecular flexibility index (Phi) is 5.16. The number of rotatable bonds is 7. The van der Waals surface area contributed by atoms with Gasteiger partial charge in [-0.1, -0.05) is 60.7 Å². The van der Waals surface area contributed by atoms with Gasteiger partial charge in [-0.25, -0.2) is 0 Å². The van der Waals surface area contributed by atoms with Gasteiger partial charge in [0, 0.05) is 51.4 Å². The molecule has 0 bridgehead atoms. The lowest BCUT2D eigenvalue weighted by Gasteiger charge is -2.40. The van der Waals surface area contributed by atoms with E-state index in [4.69, 9.17) is 0 Å². The summed E-state index contributed by atoms with van der Waals surface area (Å²) < 4.78 is 0. The number of benzene rings is 2. The highest BCUT2D eigenvalue weighted by molar-refractivity contribution is 5.16. The largest absolute Gasteiger partial charge is 0.311 e. The Balaban J connectivity index is 1.23. The Morgan fingerprint density at radius 2 is 1.36 bits per heavy atom. The number of piperazine rings is 1. The molecule has 2 aromatic rings. The van der Waals surface area contributed by atoms with Gasteiger partial charge in [0.15, 0.2) is 0 Å². The summed E-state index contributed by atoms with van der Waals surface area (Å²) in [6.07, 6.45) is 2.71. The van der Waals surface area contributed by atoms with Crippen LogP contribution in [-0.4, -0.2) is 48.1 Å². The van der Waals surface area contributed by atoms with Gasteiger partial charge in [0.1, 0.15) is 0 Å². The lowest BCUT2D eigenvalue weighted by Crippen LogP contribution is -2.54. The van der Waals surface area contributed by atoms with Crippen molar-refractivity contribution in [3.05, 3.63) is 71.8 Å². The summed E-state index contributed by atoms with van der Waals surface area (Å²) in [5.74, 6) is 0. The quantitative estimate of drug-likeness (QED) is 0.839. The molecule has 0 unspecified atom stereocenters. The summed E-state index contributed by atoms with van der Waals surface area (Å²) in [6, 6.07) is 21.6. The van der Waals surface area contributed by atoms with Gasteiger partial charge in [0.2, 0.25) is 0 Å². The second kappa shape index (κ2) is 7.69. The molecule has 1 saturated carbocycles. The average molecular weight is 335 g/mol. The lowest BCUT2D eigenvalue weighted by atomic mass is 10.1. The number of hydrogen-bond donors (Lipinski definition) is 1. The van der Waals surface area contributed by atoms with E-state index in [0.29, 0.717) is 5.54 Å². The molecule has 0 aromatic heterocycles. The molecule has 0 spiro atoms. The van der Waals surface area contributed by atoms with E-state index in [1.165, 1.54) is 50.1 Å². The molecule has 3 heteroatoms. The first-order valence-corrected chi connectivity index (χ1v) is 9.60. The molecular formula is C22H29N3. The van der Waals surface area contributed by atoms with Crippen molar-refractivity contribution in [1.82, 2.24) is 15.1 Å². The summed E-state index contributed by atoms with van der Waals surface area (Å²) in [5.41, 5.74) is 3.25. The third-order valence-corrected chi connectivity index (χ3v) is 5.75. The van der Waals surface area contributed by atoms with Crippen molar-refractivity contribution in [2.75, 3.05) is 32.7 Å². The fourth-order valence-electron chi connectivity index (χ4n) is 4.01. The molecule has 2 fully saturated rings. The van der Waals surface area contributed by atoms with Crippen molar-refractivity contribution in [2.45, 2.75) is 31.5 Å². The molecule has 1 aliphatic heterocycles. The van der Waals surface area contributed by atoms with Crippen LogP contribution in [0.5, 0.6) is 0 Å². The monoisotopic (exact) mass is 335 g/mol. The molecule has 2 aliphatic rings. The molecule has 2 aromatic carbocycles. The van der Waals surface area contributed by atoms with Crippen molar-refractivity contribution in [3.63, 3.8) is 0 Å². The minimum absolute atomic E-state index is 0.438. The summed E-state index contributed by atoms with van der Waals surface area (Å²) >= 11 is 0. The Bertz CT molecular complexity index is 643. The molecule has 1 N–H and O–H groups in total. The summed E-state index contributed by atoms with van der Waals surface area (Å²) in [7, 11) is 0. The van der Waals surface area contributed by atoms with E-state index in [0.717, 1.165) is 19.6 Å². The standard InChI is InChI=1S/C22H29N3/c1-3-7-20(8-4-1)17-23-19-22(11-12-22)25-15-13-24(14-16-25)18-21-9-5-2-6-10-21/h1-10,23H,11-19H2. The SMILES string of the molecule is c1ccc(CNCC2(N3CCN(Cc4ccccc4)CC3)CC2)cc1. The zero-order valence-electron chi connectivity index (χ0n) is 15.0. The van der Waals surface area contributed by atoms with Gasteiger partial charge < -0.3 is 5.32 Å². The van der Waals surface area contributed by atoms with Crippen LogP contribution in [0.3, 0.4) is 0 Å². The smallest absolute Gasteiger partial charge is 0.0336 e. The molecule has 1 heterocycles. The van der Waals surface area contributed by atoms with Crippen molar-refractivity contribution >= 4 is 0 Å². The summed E-state index contributed by atoms with van der Waals surface area (Å²) in [5, 5.41) is 3.70. The number of hydrogen-bond acceptors (Lipinski definition) is 3. The zero-order chi connectivity index (χ0) is 17.0. The average Bonchev–Trinajstić information content (AvgIpc) is 3.45. The first kappa shape index (κ1) is 16.8. The zero-order valence-corrected chi connectivity index (χ0v) is 15.0. The van der Waals surface area contributed by atoms with E-state index in [1.807, 2.05) is 0 Å². The van der Waals surface area contributed by atoms with Gasteiger partial charge in [-0.05, 0) is 24.0 Å². The molecule has 132 valence electrons. The molecule has 4 rings (SSSR count). The summed E-state index contributed by atoms with van der Waals surface area (Å²) in [4.78, 5) is 5.34. The Morgan fingerprint density at radius 3 is 1.96 bits per heavy atom. The fraction of sp³-hybridized carbons (Fsp3) is 0.455. The van der Waals surface area contributed by atoms with E-state index in [2.05, 4.69) is 75.8 Å². The predicted octanol–water partition coefficient (Wildman–Crippen LogP) is 3.13. The molecule has 0 amide bonds. The lowest BCUT2D eigenvalue weighted by molar-refractivity contribution is 0.0800. The molecule has 1 saturated heterocycles. The molecule has 0 atom stereocenters. The van der Waals surface area contributed by atoms with Crippen LogP contribution in [-0.2, 0) is 13.1 Å². The highest BCUT2D eigenvalue weighted by atomic mass is 15.3. The fourth-order valence-corrected chi connectivity index (χ4v) is 4.01. The topological polar surface area (TPSA) is 18.5 Å². The van der Waals surface area contributed by atoms with Gasteiger partial charge in [-0.2, -0.15) is 0 Å². The second-order valence-electron chi connectivity index (χ2n) is 7.56. The third kappa shape index (κ3) is 4.30. The van der Waals surface area contributed by atoms with Gasteiger partial charge in [0.25, 0.3) is 0 Å². The maximum Gasteiger partial charge on any atom is 0.0336 e. The molecule has 25 heavy (non-hydrogen) atoms. The first-order chi connectivity index (χ1) is 12.3. The van der Waals surface area contributed by atoms with Crippen LogP contribution in [0.2, 0.25) is 0 Å². The molecule has 1 aliphatic carbocycles. The van der Waals surface area contributed by atoms with Crippen LogP contribution in [0.1, 0.15) is 24.0 Å². The van der Waals surface area contributed by atoms with Gasteiger partial charge in [-0.15, -0.1) is 0 Å². The van der Waals surface area contributed by atoms with Crippen molar-refractivity contribution in [3.8, 4) is 0 Å². The Hall–Kier alpha value is -1.68. The van der Waals surface area contributed by atoms with E-state index >= 15 is 0 Å². The Labute approximate surface area is 151 Å². The third-order valence-electron chi connectivity index (χ3n) is 5.75. The van der Waals surface area contributed by atoms with Crippen LogP contribution in [0.4, 0.5) is 0 Å². The van der Waals surface area contributed by atoms with Crippen molar-refractivity contribution in [2.24, 2.45) is 0 Å². The minimum atomic E-state index is 0.438. The predicted molar refractivity (Wildman–Crippen MR) is 103 cm³/mol. The van der Waals surface area contributed by atoms with E-state index in [9.17, 15) is 0 Å². The normalized spacial score (nSPS) is 20.5. The number of nitrogens with one attached hydrogen (secondary N) is 1. The van der Waals surface area contributed by atoms with Gasteiger partial charge >= 0.3 is 0 Å². The highest BCUT2D eigenvalue weighted by Gasteiger charge is 2.47. The van der Waals surface area contributed by atoms with Gasteiger partial charge in [0.05, 0.1) is 0 Å². The second-order valence-corrected chi connectivity index (χ2v) is 7.56. The minimum Gasteiger partial charge on any atom is -0.311 e. The molecular weight excluding hydrogens is 306 g/mol.